The summed E-state index contributed by atoms with van der Waals surface area (Å²) in [4.78, 5) is 12.0. The van der Waals surface area contributed by atoms with Crippen LogP contribution in [0.1, 0.15) is 18.4 Å². The Balaban J connectivity index is 1.60. The van der Waals surface area contributed by atoms with Gasteiger partial charge in [0.15, 0.2) is 6.61 Å². The number of carbonyl (C=O) groups is 1. The smallest absolute Gasteiger partial charge is 0.416 e. The summed E-state index contributed by atoms with van der Waals surface area (Å²) in [6.07, 6.45) is -2.92. The predicted octanol–water partition coefficient (Wildman–Crippen LogP) is 3.16. The van der Waals surface area contributed by atoms with Crippen molar-refractivity contribution >= 4 is 21.6 Å². The molecular weight excluding hydrogens is 397 g/mol. The number of amides is 1. The summed E-state index contributed by atoms with van der Waals surface area (Å²) >= 11 is 0. The Bertz CT molecular complexity index is 973. The van der Waals surface area contributed by atoms with Crippen LogP contribution in [0, 0.1) is 0 Å². The average Bonchev–Trinajstić information content (AvgIpc) is 3.43. The highest BCUT2D eigenvalue weighted by molar-refractivity contribution is 7.89. The van der Waals surface area contributed by atoms with Gasteiger partial charge in [-0.15, -0.1) is 0 Å². The first-order valence-electron chi connectivity index (χ1n) is 8.36. The van der Waals surface area contributed by atoms with Gasteiger partial charge in [-0.05, 0) is 49.2 Å². The maximum atomic E-state index is 12.7. The van der Waals surface area contributed by atoms with E-state index in [-0.39, 0.29) is 22.4 Å². The third-order valence-corrected chi connectivity index (χ3v) is 5.38. The highest BCUT2D eigenvalue weighted by Gasteiger charge is 2.30. The first-order valence-corrected chi connectivity index (χ1v) is 9.84. The van der Waals surface area contributed by atoms with Crippen molar-refractivity contribution in [2.75, 3.05) is 11.9 Å². The summed E-state index contributed by atoms with van der Waals surface area (Å²) in [7, 11) is -3.67. The first-order chi connectivity index (χ1) is 13.1. The van der Waals surface area contributed by atoms with Gasteiger partial charge in [0.05, 0.1) is 10.5 Å². The van der Waals surface area contributed by atoms with Crippen LogP contribution in [0.2, 0.25) is 0 Å². The second-order valence-electron chi connectivity index (χ2n) is 6.29. The zero-order valence-electron chi connectivity index (χ0n) is 14.5. The fraction of sp³-hybridized carbons (Fsp3) is 0.278. The summed E-state index contributed by atoms with van der Waals surface area (Å²) in [6, 6.07) is 9.80. The van der Waals surface area contributed by atoms with Crippen molar-refractivity contribution in [3.8, 4) is 5.75 Å². The van der Waals surface area contributed by atoms with E-state index in [4.69, 9.17) is 4.74 Å². The van der Waals surface area contributed by atoms with Gasteiger partial charge in [-0.2, -0.15) is 13.2 Å². The zero-order chi connectivity index (χ0) is 20.4. The van der Waals surface area contributed by atoms with Gasteiger partial charge in [-0.25, -0.2) is 13.1 Å². The summed E-state index contributed by atoms with van der Waals surface area (Å²) < 4.78 is 70.1. The van der Waals surface area contributed by atoms with Crippen LogP contribution in [0.3, 0.4) is 0 Å². The van der Waals surface area contributed by atoms with Crippen molar-refractivity contribution in [2.45, 2.75) is 30.0 Å². The lowest BCUT2D eigenvalue weighted by Crippen LogP contribution is -2.26. The molecular formula is C18H17F3N2O4S. The van der Waals surface area contributed by atoms with Crippen molar-refractivity contribution in [3.63, 3.8) is 0 Å². The molecule has 6 nitrogen and oxygen atoms in total. The third kappa shape index (κ3) is 5.46. The highest BCUT2D eigenvalue weighted by atomic mass is 32.2. The quantitative estimate of drug-likeness (QED) is 0.729. The van der Waals surface area contributed by atoms with Gasteiger partial charge in [0.25, 0.3) is 5.91 Å². The maximum absolute atomic E-state index is 12.7. The van der Waals surface area contributed by atoms with E-state index in [0.717, 1.165) is 25.0 Å². The minimum Gasteiger partial charge on any atom is -0.484 e. The number of hydrogen-bond acceptors (Lipinski definition) is 4. The molecule has 0 spiro atoms. The molecule has 0 radical (unpaired) electrons. The Kier molecular flexibility index (Phi) is 5.61. The number of rotatable bonds is 7. The van der Waals surface area contributed by atoms with Gasteiger partial charge in [-0.3, -0.25) is 4.79 Å². The van der Waals surface area contributed by atoms with Gasteiger partial charge in [0.2, 0.25) is 10.0 Å². The van der Waals surface area contributed by atoms with E-state index < -0.39 is 34.3 Å². The van der Waals surface area contributed by atoms with Crippen molar-refractivity contribution in [1.29, 1.82) is 0 Å². The Labute approximate surface area is 159 Å². The number of nitrogens with one attached hydrogen (secondary N) is 2. The molecule has 1 aliphatic carbocycles. The predicted molar refractivity (Wildman–Crippen MR) is 95.4 cm³/mol. The van der Waals surface area contributed by atoms with Crippen LogP contribution >= 0.6 is 0 Å². The Hall–Kier alpha value is -2.59. The summed E-state index contributed by atoms with van der Waals surface area (Å²) in [6.45, 7) is -0.529. The second kappa shape index (κ2) is 7.80. The molecule has 3 rings (SSSR count). The highest BCUT2D eigenvalue weighted by Crippen LogP contribution is 2.31. The van der Waals surface area contributed by atoms with Gasteiger partial charge in [-0.1, -0.05) is 12.1 Å². The standard InChI is InChI=1S/C18H17F3N2O4S/c19-18(20,21)12-3-1-5-15(9-12)27-11-17(24)22-14-4-2-6-16(10-14)28(25,26)23-13-7-8-13/h1-6,9-10,13,23H,7-8,11H2,(H,22,24). The molecule has 0 heterocycles. The van der Waals surface area contributed by atoms with Crippen LogP contribution in [-0.4, -0.2) is 27.0 Å². The average molecular weight is 414 g/mol. The fourth-order valence-corrected chi connectivity index (χ4v) is 3.69. The van der Waals surface area contributed by atoms with Crippen molar-refractivity contribution < 1.29 is 31.1 Å². The molecule has 2 N–H and O–H groups in total. The molecule has 0 aromatic heterocycles. The lowest BCUT2D eigenvalue weighted by molar-refractivity contribution is -0.137. The van der Waals surface area contributed by atoms with Crippen molar-refractivity contribution in [1.82, 2.24) is 4.72 Å². The van der Waals surface area contributed by atoms with E-state index in [0.29, 0.717) is 0 Å². The fourth-order valence-electron chi connectivity index (χ4n) is 2.34. The molecule has 1 saturated carbocycles. The largest absolute Gasteiger partial charge is 0.484 e. The van der Waals surface area contributed by atoms with E-state index in [2.05, 4.69) is 10.0 Å². The van der Waals surface area contributed by atoms with Crippen molar-refractivity contribution in [2.24, 2.45) is 0 Å². The number of carbonyl (C=O) groups excluding carboxylic acids is 1. The molecule has 150 valence electrons. The summed E-state index contributed by atoms with van der Waals surface area (Å²) in [5, 5.41) is 2.46. The van der Waals surface area contributed by atoms with Crippen LogP contribution in [0.4, 0.5) is 18.9 Å². The second-order valence-corrected chi connectivity index (χ2v) is 8.00. The normalized spacial score (nSPS) is 14.5. The molecule has 1 aliphatic rings. The molecule has 1 fully saturated rings. The molecule has 2 aromatic rings. The number of sulfonamides is 1. The van der Waals surface area contributed by atoms with E-state index >= 15 is 0 Å². The Morgan fingerprint density at radius 2 is 1.82 bits per heavy atom. The molecule has 10 heteroatoms. The lowest BCUT2D eigenvalue weighted by atomic mass is 10.2. The maximum Gasteiger partial charge on any atom is 0.416 e. The first kappa shape index (κ1) is 20.2. The number of hydrogen-bond donors (Lipinski definition) is 2. The zero-order valence-corrected chi connectivity index (χ0v) is 15.3. The number of ether oxygens (including phenoxy) is 1. The van der Waals surface area contributed by atoms with Crippen LogP contribution in [-0.2, 0) is 21.0 Å². The van der Waals surface area contributed by atoms with Gasteiger partial charge < -0.3 is 10.1 Å². The molecule has 0 bridgehead atoms. The number of halogens is 3. The summed E-state index contributed by atoms with van der Waals surface area (Å²) in [5.41, 5.74) is -0.650. The molecule has 0 aliphatic heterocycles. The van der Waals surface area contributed by atoms with Crippen LogP contribution in [0.5, 0.6) is 5.75 Å². The Morgan fingerprint density at radius 3 is 2.50 bits per heavy atom. The number of alkyl halides is 3. The van der Waals surface area contributed by atoms with Gasteiger partial charge in [0, 0.05) is 11.7 Å². The lowest BCUT2D eigenvalue weighted by Gasteiger charge is -2.11. The molecule has 1 amide bonds. The minimum absolute atomic E-state index is 0.0102. The summed E-state index contributed by atoms with van der Waals surface area (Å²) in [5.74, 6) is -0.739. The SMILES string of the molecule is O=C(COc1cccc(C(F)(F)F)c1)Nc1cccc(S(=O)(=O)NC2CC2)c1. The van der Waals surface area contributed by atoms with Crippen LogP contribution in [0.15, 0.2) is 53.4 Å². The van der Waals surface area contributed by atoms with E-state index in [1.54, 1.807) is 0 Å². The Morgan fingerprint density at radius 1 is 1.11 bits per heavy atom. The monoisotopic (exact) mass is 414 g/mol. The molecule has 0 saturated heterocycles. The van der Waals surface area contributed by atoms with Crippen LogP contribution in [0.25, 0.3) is 0 Å². The van der Waals surface area contributed by atoms with E-state index in [1.165, 1.54) is 36.4 Å². The topological polar surface area (TPSA) is 84.5 Å². The molecule has 0 atom stereocenters. The van der Waals surface area contributed by atoms with E-state index in [9.17, 15) is 26.4 Å². The van der Waals surface area contributed by atoms with Crippen molar-refractivity contribution in [3.05, 3.63) is 54.1 Å². The third-order valence-electron chi connectivity index (χ3n) is 3.86. The molecule has 28 heavy (non-hydrogen) atoms. The minimum atomic E-state index is -4.51. The number of benzene rings is 2. The molecule has 0 unspecified atom stereocenters. The van der Waals surface area contributed by atoms with Gasteiger partial charge in [0.1, 0.15) is 5.75 Å². The van der Waals surface area contributed by atoms with Crippen LogP contribution < -0.4 is 14.8 Å². The van der Waals surface area contributed by atoms with Gasteiger partial charge >= 0.3 is 6.18 Å². The number of anilines is 1. The van der Waals surface area contributed by atoms with E-state index in [1.807, 2.05) is 0 Å². The molecule has 2 aromatic carbocycles.